The van der Waals surface area contributed by atoms with Crippen LogP contribution in [0.4, 0.5) is 17.1 Å². The van der Waals surface area contributed by atoms with Gasteiger partial charge in [0.2, 0.25) is 5.91 Å². The standard InChI is InChI=1S/C17H16N4O/c1-12-4-3-5-14(10-12)20-21-15-6-7-16(13(2)11-15)19-17(22)8-9-18/h3-7,10-11H,8H2,1-2H3,(H,19,22). The monoisotopic (exact) mass is 292 g/mol. The number of rotatable bonds is 4. The SMILES string of the molecule is Cc1cccc(N=Nc2ccc(NC(=O)CC#N)c(C)c2)c1. The molecule has 5 nitrogen and oxygen atoms in total. The summed E-state index contributed by atoms with van der Waals surface area (Å²) in [5, 5.41) is 19.6. The number of carbonyl (C=O) groups excluding carboxylic acids is 1. The molecule has 0 aliphatic heterocycles. The summed E-state index contributed by atoms with van der Waals surface area (Å²) in [6, 6.07) is 15.0. The predicted molar refractivity (Wildman–Crippen MR) is 85.4 cm³/mol. The third-order valence-electron chi connectivity index (χ3n) is 3.01. The fraction of sp³-hybridized carbons (Fsp3) is 0.176. The Bertz CT molecular complexity index is 759. The van der Waals surface area contributed by atoms with E-state index in [2.05, 4.69) is 15.5 Å². The molecule has 1 N–H and O–H groups in total. The number of nitriles is 1. The van der Waals surface area contributed by atoms with Gasteiger partial charge in [-0.2, -0.15) is 15.5 Å². The number of aryl methyl sites for hydroxylation is 2. The molecule has 0 spiro atoms. The maximum atomic E-state index is 11.4. The highest BCUT2D eigenvalue weighted by molar-refractivity contribution is 5.92. The van der Waals surface area contributed by atoms with Crippen LogP contribution in [0.5, 0.6) is 0 Å². The fourth-order valence-corrected chi connectivity index (χ4v) is 1.92. The Labute approximate surface area is 129 Å². The van der Waals surface area contributed by atoms with E-state index in [1.807, 2.05) is 50.2 Å². The molecule has 1 amide bonds. The molecule has 2 aromatic carbocycles. The summed E-state index contributed by atoms with van der Waals surface area (Å²) < 4.78 is 0. The van der Waals surface area contributed by atoms with Gasteiger partial charge in [0.25, 0.3) is 0 Å². The van der Waals surface area contributed by atoms with Crippen LogP contribution >= 0.6 is 0 Å². The van der Waals surface area contributed by atoms with Gasteiger partial charge >= 0.3 is 0 Å². The van der Waals surface area contributed by atoms with Gasteiger partial charge < -0.3 is 5.32 Å². The summed E-state index contributed by atoms with van der Waals surface area (Å²) in [7, 11) is 0. The van der Waals surface area contributed by atoms with Crippen molar-refractivity contribution in [2.24, 2.45) is 10.2 Å². The summed E-state index contributed by atoms with van der Waals surface area (Å²) in [4.78, 5) is 11.4. The number of benzene rings is 2. The molecule has 0 aliphatic rings. The van der Waals surface area contributed by atoms with E-state index >= 15 is 0 Å². The Morgan fingerprint density at radius 2 is 1.86 bits per heavy atom. The highest BCUT2D eigenvalue weighted by Gasteiger charge is 2.04. The maximum Gasteiger partial charge on any atom is 0.238 e. The Balaban J connectivity index is 2.12. The van der Waals surface area contributed by atoms with E-state index in [9.17, 15) is 4.79 Å². The van der Waals surface area contributed by atoms with Crippen LogP contribution in [0.3, 0.4) is 0 Å². The van der Waals surface area contributed by atoms with E-state index in [-0.39, 0.29) is 12.3 Å². The molecule has 110 valence electrons. The second-order valence-electron chi connectivity index (χ2n) is 4.92. The van der Waals surface area contributed by atoms with Gasteiger partial charge in [-0.1, -0.05) is 12.1 Å². The van der Waals surface area contributed by atoms with Crippen LogP contribution in [0.1, 0.15) is 17.5 Å². The van der Waals surface area contributed by atoms with Gasteiger partial charge in [0.1, 0.15) is 6.42 Å². The first-order valence-corrected chi connectivity index (χ1v) is 6.84. The van der Waals surface area contributed by atoms with Crippen molar-refractivity contribution in [2.75, 3.05) is 5.32 Å². The van der Waals surface area contributed by atoms with Crippen molar-refractivity contribution < 1.29 is 4.79 Å². The van der Waals surface area contributed by atoms with Crippen LogP contribution in [-0.2, 0) is 4.79 Å². The van der Waals surface area contributed by atoms with Gasteiger partial charge in [-0.05, 0) is 55.3 Å². The molecule has 22 heavy (non-hydrogen) atoms. The van der Waals surface area contributed by atoms with Gasteiger partial charge in [-0.25, -0.2) is 0 Å². The van der Waals surface area contributed by atoms with Crippen LogP contribution in [0.2, 0.25) is 0 Å². The zero-order valence-corrected chi connectivity index (χ0v) is 12.5. The topological polar surface area (TPSA) is 77.6 Å². The average molecular weight is 292 g/mol. The molecular weight excluding hydrogens is 276 g/mol. The first-order valence-electron chi connectivity index (χ1n) is 6.84. The number of nitrogens with zero attached hydrogens (tertiary/aromatic N) is 3. The van der Waals surface area contributed by atoms with Gasteiger partial charge in [-0.15, -0.1) is 0 Å². The second kappa shape index (κ2) is 7.14. The lowest BCUT2D eigenvalue weighted by Crippen LogP contribution is -2.10. The van der Waals surface area contributed by atoms with E-state index in [1.54, 1.807) is 12.1 Å². The van der Waals surface area contributed by atoms with Crippen LogP contribution in [0, 0.1) is 25.2 Å². The number of hydrogen-bond acceptors (Lipinski definition) is 4. The van der Waals surface area contributed by atoms with E-state index in [4.69, 9.17) is 5.26 Å². The molecule has 2 aromatic rings. The summed E-state index contributed by atoms with van der Waals surface area (Å²) in [5.41, 5.74) is 4.17. The summed E-state index contributed by atoms with van der Waals surface area (Å²) in [6.07, 6.45) is -0.158. The third-order valence-corrected chi connectivity index (χ3v) is 3.01. The molecule has 0 aromatic heterocycles. The Morgan fingerprint density at radius 1 is 1.14 bits per heavy atom. The molecule has 2 rings (SSSR count). The number of hydrogen-bond donors (Lipinski definition) is 1. The summed E-state index contributed by atoms with van der Waals surface area (Å²) in [5.74, 6) is -0.320. The first-order chi connectivity index (χ1) is 10.6. The molecule has 0 heterocycles. The largest absolute Gasteiger partial charge is 0.325 e. The normalized spacial score (nSPS) is 10.4. The lowest BCUT2D eigenvalue weighted by atomic mass is 10.2. The van der Waals surface area contributed by atoms with Gasteiger partial charge in [0, 0.05) is 5.69 Å². The number of amides is 1. The number of carbonyl (C=O) groups is 1. The predicted octanol–water partition coefficient (Wildman–Crippen LogP) is 4.57. The fourth-order valence-electron chi connectivity index (χ4n) is 1.92. The molecule has 0 fully saturated rings. The van der Waals surface area contributed by atoms with Crippen LogP contribution < -0.4 is 5.32 Å². The van der Waals surface area contributed by atoms with Crippen molar-refractivity contribution in [1.82, 2.24) is 0 Å². The lowest BCUT2D eigenvalue weighted by Gasteiger charge is -2.07. The third kappa shape index (κ3) is 4.25. The summed E-state index contributed by atoms with van der Waals surface area (Å²) in [6.45, 7) is 3.87. The number of nitrogens with one attached hydrogen (secondary N) is 1. The molecule has 0 saturated heterocycles. The molecule has 0 atom stereocenters. The van der Waals surface area contributed by atoms with Crippen molar-refractivity contribution in [3.8, 4) is 6.07 Å². The van der Waals surface area contributed by atoms with Gasteiger partial charge in [0.05, 0.1) is 17.4 Å². The van der Waals surface area contributed by atoms with E-state index in [1.165, 1.54) is 0 Å². The summed E-state index contributed by atoms with van der Waals surface area (Å²) >= 11 is 0. The minimum atomic E-state index is -0.320. The molecule has 0 saturated carbocycles. The Morgan fingerprint density at radius 3 is 2.50 bits per heavy atom. The van der Waals surface area contributed by atoms with Gasteiger partial charge in [0.15, 0.2) is 0 Å². The molecule has 0 radical (unpaired) electrons. The van der Waals surface area contributed by atoms with Crippen LogP contribution in [0.15, 0.2) is 52.7 Å². The highest BCUT2D eigenvalue weighted by atomic mass is 16.1. The zero-order valence-electron chi connectivity index (χ0n) is 12.5. The maximum absolute atomic E-state index is 11.4. The minimum Gasteiger partial charge on any atom is -0.325 e. The van der Waals surface area contributed by atoms with E-state index < -0.39 is 0 Å². The van der Waals surface area contributed by atoms with Gasteiger partial charge in [-0.3, -0.25) is 4.79 Å². The lowest BCUT2D eigenvalue weighted by molar-refractivity contribution is -0.115. The molecular formula is C17H16N4O. The first kappa shape index (κ1) is 15.4. The molecule has 0 bridgehead atoms. The second-order valence-corrected chi connectivity index (χ2v) is 4.92. The van der Waals surface area contributed by atoms with E-state index in [0.29, 0.717) is 11.4 Å². The zero-order chi connectivity index (χ0) is 15.9. The molecule has 0 unspecified atom stereocenters. The van der Waals surface area contributed by atoms with E-state index in [0.717, 1.165) is 16.8 Å². The number of azo groups is 1. The van der Waals surface area contributed by atoms with Crippen molar-refractivity contribution >= 4 is 23.0 Å². The average Bonchev–Trinajstić information content (AvgIpc) is 2.48. The Hall–Kier alpha value is -3.00. The van der Waals surface area contributed by atoms with Crippen LogP contribution in [0.25, 0.3) is 0 Å². The van der Waals surface area contributed by atoms with Crippen molar-refractivity contribution in [1.29, 1.82) is 5.26 Å². The smallest absolute Gasteiger partial charge is 0.238 e. The quantitative estimate of drug-likeness (QED) is 0.838. The number of anilines is 1. The van der Waals surface area contributed by atoms with Crippen molar-refractivity contribution in [3.05, 3.63) is 53.6 Å². The van der Waals surface area contributed by atoms with Crippen molar-refractivity contribution in [2.45, 2.75) is 20.3 Å². The van der Waals surface area contributed by atoms with Crippen LogP contribution in [-0.4, -0.2) is 5.91 Å². The van der Waals surface area contributed by atoms with Crippen molar-refractivity contribution in [3.63, 3.8) is 0 Å². The Kier molecular flexibility index (Phi) is 4.99. The molecule has 0 aliphatic carbocycles. The molecule has 5 heteroatoms. The minimum absolute atomic E-state index is 0.158. The highest BCUT2D eigenvalue weighted by Crippen LogP contribution is 2.24.